The van der Waals surface area contributed by atoms with Crippen molar-refractivity contribution in [3.63, 3.8) is 0 Å². The number of ether oxygens (including phenoxy) is 4. The van der Waals surface area contributed by atoms with E-state index in [1.807, 2.05) is 26.0 Å². The molecule has 0 bridgehead atoms. The summed E-state index contributed by atoms with van der Waals surface area (Å²) in [6.45, 7) is 5.79. The van der Waals surface area contributed by atoms with Gasteiger partial charge in [0.15, 0.2) is 11.5 Å². The lowest BCUT2D eigenvalue weighted by Crippen LogP contribution is -2.57. The van der Waals surface area contributed by atoms with Gasteiger partial charge in [0.2, 0.25) is 11.7 Å². The van der Waals surface area contributed by atoms with E-state index in [4.69, 9.17) is 18.9 Å². The van der Waals surface area contributed by atoms with Crippen LogP contribution in [0, 0.1) is 0 Å². The van der Waals surface area contributed by atoms with Crippen LogP contribution in [0.3, 0.4) is 0 Å². The third kappa shape index (κ3) is 5.89. The minimum absolute atomic E-state index is 0.00517. The summed E-state index contributed by atoms with van der Waals surface area (Å²) in [5, 5.41) is 0. The van der Waals surface area contributed by atoms with Crippen LogP contribution in [-0.4, -0.2) is 101 Å². The Kier molecular flexibility index (Phi) is 8.43. The van der Waals surface area contributed by atoms with E-state index >= 15 is 0 Å². The lowest BCUT2D eigenvalue weighted by Gasteiger charge is -2.40. The maximum absolute atomic E-state index is 13.1. The predicted octanol–water partition coefficient (Wildman–Crippen LogP) is 1.14. The van der Waals surface area contributed by atoms with Gasteiger partial charge in [-0.3, -0.25) is 4.79 Å². The lowest BCUT2D eigenvalue weighted by molar-refractivity contribution is -0.132. The molecule has 0 spiro atoms. The van der Waals surface area contributed by atoms with Crippen molar-refractivity contribution in [2.75, 3.05) is 60.6 Å². The number of carbonyl (C=O) groups is 1. The Labute approximate surface area is 196 Å². The molecule has 186 valence electrons. The zero-order valence-corrected chi connectivity index (χ0v) is 20.9. The summed E-state index contributed by atoms with van der Waals surface area (Å²) >= 11 is 0. The molecule has 0 radical (unpaired) electrons. The summed E-state index contributed by atoms with van der Waals surface area (Å²) < 4.78 is 50.8. The van der Waals surface area contributed by atoms with Crippen molar-refractivity contribution in [3.8, 4) is 17.2 Å². The molecule has 11 heteroatoms. The summed E-state index contributed by atoms with van der Waals surface area (Å²) in [6.07, 6.45) is 0.546. The maximum Gasteiger partial charge on any atom is 0.282 e. The van der Waals surface area contributed by atoms with E-state index in [0.717, 1.165) is 5.56 Å². The Morgan fingerprint density at radius 1 is 0.939 bits per heavy atom. The summed E-state index contributed by atoms with van der Waals surface area (Å²) in [5.41, 5.74) is 0.898. The first-order valence-corrected chi connectivity index (χ1v) is 12.6. The molecule has 10 nitrogen and oxygen atoms in total. The van der Waals surface area contributed by atoms with E-state index in [1.54, 1.807) is 26.2 Å². The van der Waals surface area contributed by atoms with Crippen LogP contribution in [0.2, 0.25) is 0 Å². The molecule has 2 aliphatic heterocycles. The van der Waals surface area contributed by atoms with Gasteiger partial charge in [0, 0.05) is 45.7 Å². The quantitative estimate of drug-likeness (QED) is 0.545. The first-order chi connectivity index (χ1) is 15.7. The molecule has 33 heavy (non-hydrogen) atoms. The van der Waals surface area contributed by atoms with Gasteiger partial charge in [-0.15, -0.1) is 0 Å². The highest BCUT2D eigenvalue weighted by atomic mass is 32.2. The zero-order valence-electron chi connectivity index (χ0n) is 20.1. The smallest absolute Gasteiger partial charge is 0.282 e. The van der Waals surface area contributed by atoms with Crippen molar-refractivity contribution in [3.05, 3.63) is 17.7 Å². The minimum Gasteiger partial charge on any atom is -0.493 e. The third-order valence-corrected chi connectivity index (χ3v) is 7.95. The highest BCUT2D eigenvalue weighted by Gasteiger charge is 2.37. The van der Waals surface area contributed by atoms with E-state index in [0.29, 0.717) is 69.4 Å². The van der Waals surface area contributed by atoms with Crippen molar-refractivity contribution >= 4 is 16.1 Å². The van der Waals surface area contributed by atoms with Gasteiger partial charge in [0.1, 0.15) is 0 Å². The number of rotatable bonds is 8. The molecule has 1 amide bonds. The molecule has 0 aliphatic carbocycles. The van der Waals surface area contributed by atoms with Crippen molar-refractivity contribution in [1.82, 2.24) is 13.5 Å². The summed E-state index contributed by atoms with van der Waals surface area (Å²) in [5.74, 6) is 1.60. The third-order valence-electron chi connectivity index (χ3n) is 5.98. The zero-order chi connectivity index (χ0) is 24.2. The van der Waals surface area contributed by atoms with Crippen molar-refractivity contribution in [2.45, 2.75) is 38.9 Å². The Morgan fingerprint density at radius 3 is 1.97 bits per heavy atom. The molecule has 0 saturated carbocycles. The molecule has 2 atom stereocenters. The van der Waals surface area contributed by atoms with E-state index in [9.17, 15) is 13.2 Å². The van der Waals surface area contributed by atoms with Gasteiger partial charge in [0.25, 0.3) is 10.2 Å². The first-order valence-electron chi connectivity index (χ1n) is 11.2. The van der Waals surface area contributed by atoms with Gasteiger partial charge in [0.05, 0.1) is 33.5 Å². The standard InChI is InChI=1S/C22H35N3O7S/c1-16-14-25(15-17(2)32-16)33(27,28)24-10-8-23(9-11-24)21(26)7-6-18-12-19(29-3)22(31-5)20(13-18)30-4/h12-13,16-17H,6-11,14-15H2,1-5H3. The van der Waals surface area contributed by atoms with Crippen LogP contribution < -0.4 is 14.2 Å². The molecule has 1 aromatic rings. The number of piperazine rings is 1. The average molecular weight is 486 g/mol. The molecule has 3 rings (SSSR count). The monoisotopic (exact) mass is 485 g/mol. The largest absolute Gasteiger partial charge is 0.493 e. The normalized spacial score (nSPS) is 22.8. The molecule has 2 heterocycles. The second kappa shape index (κ2) is 10.9. The fourth-order valence-corrected chi connectivity index (χ4v) is 6.09. The molecule has 2 aliphatic rings. The summed E-state index contributed by atoms with van der Waals surface area (Å²) in [4.78, 5) is 14.5. The van der Waals surface area contributed by atoms with Gasteiger partial charge in [-0.1, -0.05) is 0 Å². The number of benzene rings is 1. The van der Waals surface area contributed by atoms with Crippen molar-refractivity contribution in [2.24, 2.45) is 0 Å². The second-order valence-electron chi connectivity index (χ2n) is 8.40. The van der Waals surface area contributed by atoms with Crippen LogP contribution in [0.1, 0.15) is 25.8 Å². The Balaban J connectivity index is 1.56. The Bertz CT molecular complexity index is 897. The summed E-state index contributed by atoms with van der Waals surface area (Å²) in [6, 6.07) is 3.67. The van der Waals surface area contributed by atoms with Gasteiger partial charge in [-0.2, -0.15) is 17.0 Å². The van der Waals surface area contributed by atoms with Gasteiger partial charge < -0.3 is 23.8 Å². The van der Waals surface area contributed by atoms with Gasteiger partial charge >= 0.3 is 0 Å². The Hall–Kier alpha value is -2.08. The number of morpholine rings is 1. The molecule has 0 N–H and O–H groups in total. The van der Waals surface area contributed by atoms with Gasteiger partial charge in [-0.05, 0) is 38.0 Å². The highest BCUT2D eigenvalue weighted by Crippen LogP contribution is 2.38. The average Bonchev–Trinajstić information content (AvgIpc) is 2.81. The van der Waals surface area contributed by atoms with Crippen LogP contribution in [-0.2, 0) is 26.2 Å². The van der Waals surface area contributed by atoms with E-state index in [1.165, 1.54) is 8.61 Å². The number of aryl methyl sites for hydroxylation is 1. The van der Waals surface area contributed by atoms with Crippen LogP contribution in [0.25, 0.3) is 0 Å². The number of hydrogen-bond donors (Lipinski definition) is 0. The van der Waals surface area contributed by atoms with Crippen LogP contribution in [0.5, 0.6) is 17.2 Å². The number of hydrogen-bond acceptors (Lipinski definition) is 7. The number of amides is 1. The van der Waals surface area contributed by atoms with Crippen LogP contribution in [0.15, 0.2) is 12.1 Å². The molecule has 2 fully saturated rings. The van der Waals surface area contributed by atoms with E-state index in [2.05, 4.69) is 0 Å². The molecular formula is C22H35N3O7S. The molecule has 2 unspecified atom stereocenters. The van der Waals surface area contributed by atoms with Crippen molar-refractivity contribution < 1.29 is 32.2 Å². The highest BCUT2D eigenvalue weighted by molar-refractivity contribution is 7.86. The summed E-state index contributed by atoms with van der Waals surface area (Å²) in [7, 11) is 1.08. The molecule has 1 aromatic carbocycles. The van der Waals surface area contributed by atoms with Gasteiger partial charge in [-0.25, -0.2) is 0 Å². The number of nitrogens with zero attached hydrogens (tertiary/aromatic N) is 3. The van der Waals surface area contributed by atoms with Crippen LogP contribution >= 0.6 is 0 Å². The molecule has 0 aromatic heterocycles. The van der Waals surface area contributed by atoms with Crippen molar-refractivity contribution in [1.29, 1.82) is 0 Å². The molecule has 2 saturated heterocycles. The number of methoxy groups -OCH3 is 3. The van der Waals surface area contributed by atoms with Crippen LogP contribution in [0.4, 0.5) is 0 Å². The predicted molar refractivity (Wildman–Crippen MR) is 123 cm³/mol. The topological polar surface area (TPSA) is 97.9 Å². The fourth-order valence-electron chi connectivity index (χ4n) is 4.34. The minimum atomic E-state index is -3.57. The molecular weight excluding hydrogens is 450 g/mol. The lowest BCUT2D eigenvalue weighted by atomic mass is 10.1. The maximum atomic E-state index is 13.1. The Morgan fingerprint density at radius 2 is 1.48 bits per heavy atom. The van der Waals surface area contributed by atoms with E-state index < -0.39 is 10.2 Å². The number of carbonyl (C=O) groups excluding carboxylic acids is 1. The van der Waals surface area contributed by atoms with E-state index in [-0.39, 0.29) is 18.1 Å². The second-order valence-corrected chi connectivity index (χ2v) is 10.3. The first kappa shape index (κ1) is 25.5. The SMILES string of the molecule is COc1cc(CCC(=O)N2CCN(S(=O)(=O)N3CC(C)OC(C)C3)CC2)cc(OC)c1OC. The fraction of sp³-hybridized carbons (Fsp3) is 0.682.